The van der Waals surface area contributed by atoms with Gasteiger partial charge in [-0.3, -0.25) is 9.59 Å². The summed E-state index contributed by atoms with van der Waals surface area (Å²) in [6.45, 7) is 2.27. The number of carbonyl (C=O) groups excluding carboxylic acids is 2. The van der Waals surface area contributed by atoms with Crippen molar-refractivity contribution in [2.45, 2.75) is 25.8 Å². The van der Waals surface area contributed by atoms with Gasteiger partial charge in [-0.1, -0.05) is 43.3 Å². The number of aliphatic hydroxyl groups excluding tert-OH is 1. The second-order valence-electron chi connectivity index (χ2n) is 8.42. The number of amides is 2. The van der Waals surface area contributed by atoms with E-state index in [1.165, 1.54) is 0 Å². The van der Waals surface area contributed by atoms with Crippen LogP contribution in [0.15, 0.2) is 72.9 Å². The van der Waals surface area contributed by atoms with Gasteiger partial charge < -0.3 is 25.9 Å². The van der Waals surface area contributed by atoms with Crippen molar-refractivity contribution in [1.29, 1.82) is 0 Å². The maximum absolute atomic E-state index is 13.3. The largest absolute Gasteiger partial charge is 0.493 e. The molecule has 0 aliphatic heterocycles. The summed E-state index contributed by atoms with van der Waals surface area (Å²) in [4.78, 5) is 28.0. The molecule has 1 atom stereocenters. The number of hydrogen-bond acceptors (Lipinski definition) is 4. The molecule has 0 spiro atoms. The van der Waals surface area contributed by atoms with E-state index >= 15 is 0 Å². The number of aliphatic hydroxyl groups is 1. The molecule has 0 saturated carbocycles. The Morgan fingerprint density at radius 2 is 1.80 bits per heavy atom. The van der Waals surface area contributed by atoms with Gasteiger partial charge in [0.05, 0.1) is 24.8 Å². The highest BCUT2D eigenvalue weighted by molar-refractivity contribution is 5.99. The smallest absolute Gasteiger partial charge is 0.255 e. The summed E-state index contributed by atoms with van der Waals surface area (Å²) in [5.74, 6) is -0.346. The van der Waals surface area contributed by atoms with Crippen molar-refractivity contribution in [3.8, 4) is 16.9 Å². The quantitative estimate of drug-likeness (QED) is 0.279. The molecule has 0 aliphatic rings. The minimum absolute atomic E-state index is 0.204. The lowest BCUT2D eigenvalue weighted by atomic mass is 10.00. The van der Waals surface area contributed by atoms with E-state index in [1.807, 2.05) is 43.5 Å². The lowest BCUT2D eigenvalue weighted by Gasteiger charge is -2.18. The summed E-state index contributed by atoms with van der Waals surface area (Å²) in [6, 6.07) is 19.7. The zero-order valence-corrected chi connectivity index (χ0v) is 19.6. The first-order valence-electron chi connectivity index (χ1n) is 11.6. The fraction of sp³-hybridized carbons (Fsp3) is 0.214. The van der Waals surface area contributed by atoms with Gasteiger partial charge in [0.2, 0.25) is 5.91 Å². The van der Waals surface area contributed by atoms with Crippen molar-refractivity contribution in [1.82, 2.24) is 10.3 Å². The maximum atomic E-state index is 13.3. The molecule has 2 amide bonds. The van der Waals surface area contributed by atoms with E-state index in [-0.39, 0.29) is 12.5 Å². The molecule has 4 aromatic rings. The highest BCUT2D eigenvalue weighted by Crippen LogP contribution is 2.28. The molecule has 3 aromatic carbocycles. The van der Waals surface area contributed by atoms with Gasteiger partial charge in [-0.2, -0.15) is 0 Å². The molecule has 0 radical (unpaired) electrons. The van der Waals surface area contributed by atoms with Gasteiger partial charge in [0.1, 0.15) is 5.75 Å². The molecule has 0 fully saturated rings. The number of ether oxygens (including phenoxy) is 1. The maximum Gasteiger partial charge on any atom is 0.255 e. The molecule has 4 rings (SSSR count). The number of H-pyrrole nitrogens is 1. The average Bonchev–Trinajstić information content (AvgIpc) is 3.29. The normalized spacial score (nSPS) is 11.8. The fourth-order valence-electron chi connectivity index (χ4n) is 4.04. The first kappa shape index (κ1) is 24.0. The Morgan fingerprint density at radius 3 is 2.51 bits per heavy atom. The molecule has 5 N–H and O–H groups in total. The third kappa shape index (κ3) is 5.53. The molecular weight excluding hydrogens is 442 g/mol. The first-order valence-corrected chi connectivity index (χ1v) is 11.6. The number of aromatic nitrogens is 1. The van der Waals surface area contributed by atoms with E-state index in [2.05, 4.69) is 10.3 Å². The van der Waals surface area contributed by atoms with Crippen molar-refractivity contribution >= 4 is 22.7 Å². The number of nitrogens with two attached hydrogens (primary N) is 1. The number of benzene rings is 3. The minimum atomic E-state index is -0.495. The summed E-state index contributed by atoms with van der Waals surface area (Å²) < 4.78 is 5.84. The van der Waals surface area contributed by atoms with Crippen LogP contribution in [0.25, 0.3) is 22.0 Å². The second-order valence-corrected chi connectivity index (χ2v) is 8.42. The van der Waals surface area contributed by atoms with Crippen LogP contribution in [-0.4, -0.2) is 41.2 Å². The number of aromatic amines is 1. The molecule has 0 aliphatic carbocycles. The van der Waals surface area contributed by atoms with E-state index in [0.717, 1.165) is 34.0 Å². The van der Waals surface area contributed by atoms with E-state index in [4.69, 9.17) is 10.5 Å². The predicted octanol–water partition coefficient (Wildman–Crippen LogP) is 4.06. The van der Waals surface area contributed by atoms with Crippen LogP contribution in [0.1, 0.15) is 39.6 Å². The van der Waals surface area contributed by atoms with Crippen molar-refractivity contribution in [2.24, 2.45) is 5.73 Å². The van der Waals surface area contributed by atoms with E-state index in [9.17, 15) is 14.7 Å². The Labute approximate surface area is 203 Å². The highest BCUT2D eigenvalue weighted by Gasteiger charge is 2.19. The van der Waals surface area contributed by atoms with E-state index in [0.29, 0.717) is 29.9 Å². The molecule has 0 unspecified atom stereocenters. The van der Waals surface area contributed by atoms with Crippen LogP contribution in [0.3, 0.4) is 0 Å². The first-order chi connectivity index (χ1) is 17.0. The molecule has 0 bridgehead atoms. The minimum Gasteiger partial charge on any atom is -0.493 e. The Hall–Kier alpha value is -4.10. The fourth-order valence-corrected chi connectivity index (χ4v) is 4.04. The van der Waals surface area contributed by atoms with Crippen LogP contribution in [0, 0.1) is 0 Å². The van der Waals surface area contributed by atoms with Crippen LogP contribution in [0.2, 0.25) is 0 Å². The number of primary amides is 1. The Bertz CT molecular complexity index is 1330. The second kappa shape index (κ2) is 10.9. The Morgan fingerprint density at radius 1 is 1.06 bits per heavy atom. The van der Waals surface area contributed by atoms with Crippen molar-refractivity contribution in [3.63, 3.8) is 0 Å². The van der Waals surface area contributed by atoms with Gasteiger partial charge in [0.15, 0.2) is 0 Å². The Kier molecular flexibility index (Phi) is 7.48. The molecular formula is C28H29N3O4. The van der Waals surface area contributed by atoms with E-state index < -0.39 is 11.9 Å². The summed E-state index contributed by atoms with van der Waals surface area (Å²) >= 11 is 0. The summed E-state index contributed by atoms with van der Waals surface area (Å²) in [6.07, 6.45) is 3.19. The number of nitrogens with one attached hydrogen (secondary N) is 2. The third-order valence-corrected chi connectivity index (χ3v) is 5.89. The van der Waals surface area contributed by atoms with Gasteiger partial charge >= 0.3 is 0 Å². The number of hydrogen-bond donors (Lipinski definition) is 4. The topological polar surface area (TPSA) is 117 Å². The highest BCUT2D eigenvalue weighted by atomic mass is 16.5. The van der Waals surface area contributed by atoms with Gasteiger partial charge in [-0.05, 0) is 59.9 Å². The van der Waals surface area contributed by atoms with Crippen molar-refractivity contribution in [3.05, 3.63) is 89.6 Å². The number of carbonyl (C=O) groups is 2. The van der Waals surface area contributed by atoms with Gasteiger partial charge in [0.25, 0.3) is 5.91 Å². The lowest BCUT2D eigenvalue weighted by molar-refractivity contribution is 0.0912. The SMILES string of the molecule is CCCOc1ccc(-c2ccc(C(N)=O)cc2)cc1C(=O)N[C@@H](CO)Cc1c[nH]c2ccccc12. The summed E-state index contributed by atoms with van der Waals surface area (Å²) in [7, 11) is 0. The average molecular weight is 472 g/mol. The van der Waals surface area contributed by atoms with Crippen molar-refractivity contribution < 1.29 is 19.4 Å². The summed E-state index contributed by atoms with van der Waals surface area (Å²) in [5.41, 5.74) is 9.80. The van der Waals surface area contributed by atoms with Crippen LogP contribution in [-0.2, 0) is 6.42 Å². The van der Waals surface area contributed by atoms with Gasteiger partial charge in [0, 0.05) is 22.7 Å². The standard InChI is InChI=1S/C28H29N3O4/c1-2-13-35-26-12-11-20(18-7-9-19(10-8-18)27(29)33)15-24(26)28(34)31-22(17-32)14-21-16-30-25-6-4-3-5-23(21)25/h3-12,15-16,22,30,32H,2,13-14,17H2,1H3,(H2,29,33)(H,31,34)/t22-/m1/s1. The number of para-hydroxylation sites is 1. The van der Waals surface area contributed by atoms with Crippen LogP contribution >= 0.6 is 0 Å². The molecule has 0 saturated heterocycles. The molecule has 1 heterocycles. The predicted molar refractivity (Wildman–Crippen MR) is 137 cm³/mol. The molecule has 180 valence electrons. The van der Waals surface area contributed by atoms with Gasteiger partial charge in [-0.25, -0.2) is 0 Å². The molecule has 1 aromatic heterocycles. The lowest BCUT2D eigenvalue weighted by Crippen LogP contribution is -2.39. The van der Waals surface area contributed by atoms with Crippen LogP contribution < -0.4 is 15.8 Å². The Balaban J connectivity index is 1.59. The van der Waals surface area contributed by atoms with Crippen LogP contribution in [0.4, 0.5) is 0 Å². The van der Waals surface area contributed by atoms with Gasteiger partial charge in [-0.15, -0.1) is 0 Å². The summed E-state index contributed by atoms with van der Waals surface area (Å²) in [5, 5.41) is 14.0. The van der Waals surface area contributed by atoms with Crippen LogP contribution in [0.5, 0.6) is 5.75 Å². The zero-order chi connectivity index (χ0) is 24.8. The molecule has 35 heavy (non-hydrogen) atoms. The monoisotopic (exact) mass is 471 g/mol. The number of rotatable bonds is 10. The molecule has 7 nitrogen and oxygen atoms in total. The zero-order valence-electron chi connectivity index (χ0n) is 19.6. The number of fused-ring (bicyclic) bond motifs is 1. The van der Waals surface area contributed by atoms with Crippen molar-refractivity contribution in [2.75, 3.05) is 13.2 Å². The van der Waals surface area contributed by atoms with E-state index in [1.54, 1.807) is 36.4 Å². The third-order valence-electron chi connectivity index (χ3n) is 5.89. The molecule has 7 heteroatoms.